The van der Waals surface area contributed by atoms with Crippen molar-refractivity contribution in [2.45, 2.75) is 40.2 Å². The molecular formula is C16H22O7Si. The van der Waals surface area contributed by atoms with Crippen LogP contribution in [0, 0.1) is 0 Å². The highest BCUT2D eigenvalue weighted by atomic mass is 28.4. The predicted octanol–water partition coefficient (Wildman–Crippen LogP) is 1.32. The Morgan fingerprint density at radius 1 is 0.917 bits per heavy atom. The van der Waals surface area contributed by atoms with Crippen LogP contribution >= 0.6 is 0 Å². The fourth-order valence-corrected chi connectivity index (χ4v) is 3.91. The zero-order valence-electron chi connectivity index (χ0n) is 14.5. The van der Waals surface area contributed by atoms with Crippen molar-refractivity contribution in [3.05, 3.63) is 30.3 Å². The second-order valence-electron chi connectivity index (χ2n) is 5.98. The fraction of sp³-hybridized carbons (Fsp3) is 0.438. The first-order valence-electron chi connectivity index (χ1n) is 7.34. The second kappa shape index (κ2) is 8.07. The summed E-state index contributed by atoms with van der Waals surface area (Å²) in [7, 11) is -4.09. The van der Waals surface area contributed by atoms with E-state index in [0.717, 1.165) is 13.8 Å². The van der Waals surface area contributed by atoms with E-state index in [-0.39, 0.29) is 6.61 Å². The van der Waals surface area contributed by atoms with Gasteiger partial charge >= 0.3 is 14.8 Å². The van der Waals surface area contributed by atoms with Crippen molar-refractivity contribution < 1.29 is 32.4 Å². The van der Waals surface area contributed by atoms with Gasteiger partial charge in [0, 0.05) is 13.8 Å². The highest BCUT2D eigenvalue weighted by Gasteiger charge is 2.55. The summed E-state index contributed by atoms with van der Waals surface area (Å²) in [5.41, 5.74) is -0.557. The Morgan fingerprint density at radius 3 is 1.83 bits per heavy atom. The molecule has 24 heavy (non-hydrogen) atoms. The van der Waals surface area contributed by atoms with Gasteiger partial charge in [0.1, 0.15) is 6.61 Å². The van der Waals surface area contributed by atoms with E-state index < -0.39 is 32.3 Å². The van der Waals surface area contributed by atoms with Crippen LogP contribution in [0.25, 0.3) is 0 Å². The van der Waals surface area contributed by atoms with E-state index in [0.29, 0.717) is 5.19 Å². The number of carbonyl (C=O) groups is 3. The van der Waals surface area contributed by atoms with Gasteiger partial charge in [0.25, 0.3) is 11.9 Å². The molecule has 1 aromatic rings. The van der Waals surface area contributed by atoms with E-state index in [9.17, 15) is 14.4 Å². The highest BCUT2D eigenvalue weighted by molar-refractivity contribution is 6.79. The van der Waals surface area contributed by atoms with Crippen molar-refractivity contribution in [2.24, 2.45) is 0 Å². The molecule has 0 spiro atoms. The third kappa shape index (κ3) is 6.51. The molecule has 0 N–H and O–H groups in total. The monoisotopic (exact) mass is 354 g/mol. The Hall–Kier alpha value is -2.19. The van der Waals surface area contributed by atoms with Crippen LogP contribution in [0.4, 0.5) is 0 Å². The lowest BCUT2D eigenvalue weighted by molar-refractivity contribution is -0.153. The van der Waals surface area contributed by atoms with Gasteiger partial charge in [-0.15, -0.1) is 0 Å². The third-order valence-corrected chi connectivity index (χ3v) is 5.20. The Kier molecular flexibility index (Phi) is 6.67. The van der Waals surface area contributed by atoms with E-state index in [1.54, 1.807) is 51.1 Å². The van der Waals surface area contributed by atoms with Crippen molar-refractivity contribution in [2.75, 3.05) is 6.61 Å². The summed E-state index contributed by atoms with van der Waals surface area (Å²) in [5, 5.41) is 0.319. The summed E-state index contributed by atoms with van der Waals surface area (Å²) >= 11 is 0. The molecule has 0 saturated carbocycles. The molecule has 0 bridgehead atoms. The maximum Gasteiger partial charge on any atom is 0.742 e. The second-order valence-corrected chi connectivity index (χ2v) is 8.29. The first-order valence-corrected chi connectivity index (χ1v) is 9.07. The summed E-state index contributed by atoms with van der Waals surface area (Å²) in [5.74, 6) is -2.24. The largest absolute Gasteiger partial charge is 0.742 e. The standard InChI is InChI=1S/C16H22O7Si/c1-12(17)21-24(22-13(2)18,14-9-7-6-8-10-14)23-15(19)11-20-16(3,4)5/h6-10H,11H2,1-5H3. The minimum absolute atomic E-state index is 0.319. The number of rotatable bonds is 6. The van der Waals surface area contributed by atoms with Crippen LogP contribution in [0.3, 0.4) is 0 Å². The van der Waals surface area contributed by atoms with Gasteiger partial charge in [-0.05, 0) is 20.8 Å². The van der Waals surface area contributed by atoms with E-state index in [2.05, 4.69) is 0 Å². The molecule has 0 heterocycles. The lowest BCUT2D eigenvalue weighted by Crippen LogP contribution is -2.59. The smallest absolute Gasteiger partial charge is 0.452 e. The maximum absolute atomic E-state index is 12.1. The first kappa shape index (κ1) is 19.9. The average molecular weight is 354 g/mol. The summed E-state index contributed by atoms with van der Waals surface area (Å²) in [4.78, 5) is 35.2. The zero-order chi connectivity index (χ0) is 18.4. The Morgan fingerprint density at radius 2 is 1.42 bits per heavy atom. The van der Waals surface area contributed by atoms with E-state index in [1.807, 2.05) is 0 Å². The van der Waals surface area contributed by atoms with Crippen molar-refractivity contribution in [1.82, 2.24) is 0 Å². The minimum atomic E-state index is -4.09. The van der Waals surface area contributed by atoms with Crippen LogP contribution < -0.4 is 5.19 Å². The Labute approximate surface area is 142 Å². The van der Waals surface area contributed by atoms with Crippen LogP contribution in [0.15, 0.2) is 30.3 Å². The summed E-state index contributed by atoms with van der Waals surface area (Å²) in [6.07, 6.45) is 0. The van der Waals surface area contributed by atoms with Gasteiger partial charge in [0.2, 0.25) is 0 Å². The van der Waals surface area contributed by atoms with Crippen LogP contribution in [0.2, 0.25) is 0 Å². The maximum atomic E-state index is 12.1. The van der Waals surface area contributed by atoms with E-state index >= 15 is 0 Å². The normalized spacial score (nSPS) is 11.5. The molecule has 132 valence electrons. The molecule has 8 heteroatoms. The number of ether oxygens (including phenoxy) is 1. The molecule has 0 fully saturated rings. The van der Waals surface area contributed by atoms with E-state index in [4.69, 9.17) is 18.0 Å². The molecule has 0 aliphatic heterocycles. The molecule has 0 unspecified atom stereocenters. The van der Waals surface area contributed by atoms with E-state index in [1.165, 1.54) is 0 Å². The van der Waals surface area contributed by atoms with Crippen molar-refractivity contribution >= 4 is 31.9 Å². The number of carbonyl (C=O) groups excluding carboxylic acids is 3. The Bertz CT molecular complexity index is 576. The molecule has 0 aliphatic rings. The first-order chi connectivity index (χ1) is 11.0. The number of benzene rings is 1. The molecule has 1 aromatic carbocycles. The van der Waals surface area contributed by atoms with Gasteiger partial charge in [-0.25, -0.2) is 0 Å². The van der Waals surface area contributed by atoms with Crippen LogP contribution in [-0.4, -0.2) is 38.9 Å². The topological polar surface area (TPSA) is 88.1 Å². The Balaban J connectivity index is 3.13. The van der Waals surface area contributed by atoms with Crippen LogP contribution in [0.1, 0.15) is 34.6 Å². The lowest BCUT2D eigenvalue weighted by Gasteiger charge is -2.27. The predicted molar refractivity (Wildman–Crippen MR) is 87.2 cm³/mol. The number of hydrogen-bond donors (Lipinski definition) is 0. The molecule has 0 aliphatic carbocycles. The lowest BCUT2D eigenvalue weighted by atomic mass is 10.2. The average Bonchev–Trinajstić information content (AvgIpc) is 2.44. The fourth-order valence-electron chi connectivity index (χ4n) is 1.71. The van der Waals surface area contributed by atoms with Crippen LogP contribution in [-0.2, 0) is 32.4 Å². The van der Waals surface area contributed by atoms with Gasteiger partial charge < -0.3 is 18.0 Å². The van der Waals surface area contributed by atoms with Crippen molar-refractivity contribution in [1.29, 1.82) is 0 Å². The summed E-state index contributed by atoms with van der Waals surface area (Å²) in [6.45, 7) is 7.26. The van der Waals surface area contributed by atoms with Gasteiger partial charge in [-0.1, -0.05) is 30.3 Å². The van der Waals surface area contributed by atoms with Crippen molar-refractivity contribution in [3.63, 3.8) is 0 Å². The van der Waals surface area contributed by atoms with Crippen LogP contribution in [0.5, 0.6) is 0 Å². The molecule has 0 amide bonds. The quantitative estimate of drug-likeness (QED) is 0.712. The SMILES string of the molecule is CC(=O)O[Si](OC(C)=O)(OC(=O)COC(C)(C)C)c1ccccc1. The molecular weight excluding hydrogens is 332 g/mol. The molecule has 7 nitrogen and oxygen atoms in total. The van der Waals surface area contributed by atoms with Gasteiger partial charge in [-0.2, -0.15) is 0 Å². The highest BCUT2D eigenvalue weighted by Crippen LogP contribution is 2.14. The van der Waals surface area contributed by atoms with Gasteiger partial charge in [0.15, 0.2) is 0 Å². The molecule has 0 atom stereocenters. The molecule has 0 radical (unpaired) electrons. The minimum Gasteiger partial charge on any atom is -0.452 e. The summed E-state index contributed by atoms with van der Waals surface area (Å²) in [6, 6.07) is 8.17. The van der Waals surface area contributed by atoms with Gasteiger partial charge in [-0.3, -0.25) is 14.4 Å². The van der Waals surface area contributed by atoms with Gasteiger partial charge in [0.05, 0.1) is 10.8 Å². The number of hydrogen-bond acceptors (Lipinski definition) is 7. The molecule has 1 rings (SSSR count). The molecule has 0 saturated heterocycles. The third-order valence-electron chi connectivity index (χ3n) is 2.55. The molecule has 0 aromatic heterocycles. The zero-order valence-corrected chi connectivity index (χ0v) is 15.5. The van der Waals surface area contributed by atoms with Crippen molar-refractivity contribution in [3.8, 4) is 0 Å². The summed E-state index contributed by atoms with van der Waals surface area (Å²) < 4.78 is 21.1.